The molecule has 2 rings (SSSR count). The van der Waals surface area contributed by atoms with E-state index >= 15 is 0 Å². The standard InChI is InChI=1S/2C6H6O2.2C3H8O.4C3H7O.2Ti/c2*7-5-3-1-2-4-6(5)8;6*1-3(2)4;;/h2*1-4,7-8H;2*3-4H,1-2H3;4*3H,1-2H3;;/q;;;;4*-1;2*+4/p-4. The Balaban J connectivity index is -0.0000000535. The zero-order valence-electron chi connectivity index (χ0n) is 27.2. The van der Waals surface area contributed by atoms with Crippen molar-refractivity contribution in [3.05, 3.63) is 48.5 Å². The van der Waals surface area contributed by atoms with Gasteiger partial charge >= 0.3 is 43.4 Å². The van der Waals surface area contributed by atoms with E-state index < -0.39 is 47.4 Å². The molecule has 2 aromatic rings. The van der Waals surface area contributed by atoms with Gasteiger partial charge < -0.3 is 51.1 Å². The zero-order valence-corrected chi connectivity index (χ0v) is 30.4. The topological polar surface area (TPSA) is 225 Å². The molecule has 0 atom stereocenters. The van der Waals surface area contributed by atoms with E-state index in [1.54, 1.807) is 107 Å². The quantitative estimate of drug-likeness (QED) is 0.341. The van der Waals surface area contributed by atoms with E-state index in [1.807, 2.05) is 0 Å². The van der Waals surface area contributed by atoms with Crippen LogP contribution in [0.25, 0.3) is 0 Å². The molecule has 0 bridgehead atoms. The molecule has 0 aliphatic carbocycles. The fourth-order valence-corrected chi connectivity index (χ4v) is 0.900. The maximum Gasteiger partial charge on any atom is 4.00 e. The maximum absolute atomic E-state index is 10.3. The fraction of sp³-hybridized carbons (Fsp3) is 0.600. The van der Waals surface area contributed by atoms with Gasteiger partial charge in [0.25, 0.3) is 0 Å². The van der Waals surface area contributed by atoms with Crippen molar-refractivity contribution >= 4 is 0 Å². The number of para-hydroxylation sites is 4. The van der Waals surface area contributed by atoms with Crippen LogP contribution in [0.15, 0.2) is 48.5 Å². The molecule has 0 fully saturated rings. The third-order valence-electron chi connectivity index (χ3n) is 1.70. The molecule has 0 heterocycles. The average Bonchev–Trinajstić information content (AvgIpc) is 2.70. The van der Waals surface area contributed by atoms with Gasteiger partial charge in [-0.3, -0.25) is 0 Å². The van der Waals surface area contributed by atoms with Crippen molar-refractivity contribution in [1.29, 1.82) is 0 Å². The van der Waals surface area contributed by atoms with Crippen LogP contribution >= 0.6 is 0 Å². The number of aliphatic hydroxyl groups excluding tert-OH is 2. The molecule has 2 N–H and O–H groups in total. The molecule has 0 aromatic heterocycles. The van der Waals surface area contributed by atoms with E-state index in [0.29, 0.717) is 0 Å². The molecule has 0 radical (unpaired) electrons. The molecule has 2 aromatic carbocycles. The first kappa shape index (κ1) is 60.1. The normalized spacial score (nSPS) is 8.57. The molecule has 240 valence electrons. The molecule has 10 nitrogen and oxygen atoms in total. The second-order valence-electron chi connectivity index (χ2n) is 9.28. The first-order valence-electron chi connectivity index (χ1n) is 12.9. The summed E-state index contributed by atoms with van der Waals surface area (Å²) in [5.74, 6) is -1.75. The van der Waals surface area contributed by atoms with Gasteiger partial charge in [0.2, 0.25) is 0 Å². The van der Waals surface area contributed by atoms with Crippen LogP contribution in [0.4, 0.5) is 0 Å². The molecule has 0 saturated heterocycles. The number of aliphatic hydroxyl groups is 2. The van der Waals surface area contributed by atoms with Gasteiger partial charge in [-0.25, -0.2) is 0 Å². The summed E-state index contributed by atoms with van der Waals surface area (Å²) >= 11 is 0. The van der Waals surface area contributed by atoms with Crippen molar-refractivity contribution in [3.8, 4) is 23.0 Å². The third-order valence-corrected chi connectivity index (χ3v) is 1.70. The molecule has 12 heteroatoms. The summed E-state index contributed by atoms with van der Waals surface area (Å²) in [4.78, 5) is 0. The monoisotopic (exact) mass is 668 g/mol. The van der Waals surface area contributed by atoms with Gasteiger partial charge in [-0.2, -0.15) is 0 Å². The van der Waals surface area contributed by atoms with Gasteiger partial charge in [0.1, 0.15) is 0 Å². The van der Waals surface area contributed by atoms with Crippen molar-refractivity contribution in [2.45, 2.75) is 120 Å². The number of hydrogen-bond donors (Lipinski definition) is 2. The molecule has 0 aliphatic rings. The Bertz CT molecular complexity index is 582. The second-order valence-corrected chi connectivity index (χ2v) is 9.28. The van der Waals surface area contributed by atoms with Crippen LogP contribution in [0.2, 0.25) is 0 Å². The Kier molecular flexibility index (Phi) is 63.3. The summed E-state index contributed by atoms with van der Waals surface area (Å²) in [5.41, 5.74) is 0. The maximum atomic E-state index is 10.3. The van der Waals surface area contributed by atoms with E-state index in [2.05, 4.69) is 0 Å². The molecule has 0 spiro atoms. The van der Waals surface area contributed by atoms with Crippen molar-refractivity contribution in [1.82, 2.24) is 0 Å². The molecular weight excluding hydrogens is 616 g/mol. The third kappa shape index (κ3) is 128. The number of hydrogen-bond acceptors (Lipinski definition) is 10. The SMILES string of the molecule is CC(C)O.CC(C)O.CC(C)[O-].CC(C)[O-].CC(C)[O-].CC(C)[O-].[O-]c1ccccc1[O-].[O-]c1ccccc1[O-].[Ti+4].[Ti+4]. The number of benzene rings is 2. The second kappa shape index (κ2) is 44.3. The van der Waals surface area contributed by atoms with Crippen LogP contribution in [0.1, 0.15) is 83.1 Å². The van der Waals surface area contributed by atoms with Gasteiger partial charge in [0.05, 0.1) is 0 Å². The van der Waals surface area contributed by atoms with Gasteiger partial charge in [-0.05, 0) is 27.7 Å². The molecule has 0 amide bonds. The predicted octanol–water partition coefficient (Wildman–Crippen LogP) is -0.543. The minimum absolute atomic E-state index is 0. The van der Waals surface area contributed by atoms with Crippen molar-refractivity contribution in [2.75, 3.05) is 0 Å². The van der Waals surface area contributed by atoms with Crippen LogP contribution in [-0.4, -0.2) is 46.8 Å². The van der Waals surface area contributed by atoms with E-state index in [1.165, 1.54) is 24.3 Å². The Morgan fingerprint density at radius 2 is 0.452 bits per heavy atom. The largest absolute Gasteiger partial charge is 4.00 e. The van der Waals surface area contributed by atoms with Crippen LogP contribution in [0.5, 0.6) is 23.0 Å². The van der Waals surface area contributed by atoms with Crippen molar-refractivity contribution < 1.29 is 94.5 Å². The summed E-state index contributed by atoms with van der Waals surface area (Å²) in [5, 5.41) is 95.4. The molecule has 0 unspecified atom stereocenters. The minimum atomic E-state index is -0.437. The minimum Gasteiger partial charge on any atom is -0.873 e. The summed E-state index contributed by atoms with van der Waals surface area (Å²) < 4.78 is 0. The van der Waals surface area contributed by atoms with Gasteiger partial charge in [-0.1, -0.05) is 104 Å². The average molecular weight is 668 g/mol. The Hall–Kier alpha value is -1.17. The van der Waals surface area contributed by atoms with E-state index in [0.717, 1.165) is 0 Å². The molecule has 42 heavy (non-hydrogen) atoms. The predicted molar refractivity (Wildman–Crippen MR) is 146 cm³/mol. The summed E-state index contributed by atoms with van der Waals surface area (Å²) in [7, 11) is 0. The van der Waals surface area contributed by atoms with E-state index in [9.17, 15) is 40.9 Å². The summed E-state index contributed by atoms with van der Waals surface area (Å²) in [6.45, 7) is 19.8. The first-order valence-corrected chi connectivity index (χ1v) is 12.9. The first-order chi connectivity index (χ1) is 18.0. The Labute approximate surface area is 284 Å². The summed E-state index contributed by atoms with van der Waals surface area (Å²) in [6, 6.07) is 11.2. The fourth-order valence-electron chi connectivity index (χ4n) is 0.900. The van der Waals surface area contributed by atoms with Gasteiger partial charge in [-0.15, -0.1) is 47.4 Å². The van der Waals surface area contributed by atoms with Gasteiger partial charge in [0.15, 0.2) is 0 Å². The van der Waals surface area contributed by atoms with Crippen LogP contribution < -0.4 is 40.9 Å². The van der Waals surface area contributed by atoms with Crippen molar-refractivity contribution in [2.24, 2.45) is 0 Å². The Morgan fingerprint density at radius 1 is 0.381 bits per heavy atom. The van der Waals surface area contributed by atoms with Crippen molar-refractivity contribution in [3.63, 3.8) is 0 Å². The van der Waals surface area contributed by atoms with Crippen LogP contribution in [0.3, 0.4) is 0 Å². The number of rotatable bonds is 0. The van der Waals surface area contributed by atoms with E-state index in [4.69, 9.17) is 10.2 Å². The van der Waals surface area contributed by atoms with Crippen LogP contribution in [-0.2, 0) is 43.4 Å². The van der Waals surface area contributed by atoms with Crippen LogP contribution in [0, 0.1) is 0 Å². The van der Waals surface area contributed by atoms with E-state index in [-0.39, 0.29) is 55.6 Å². The smallest absolute Gasteiger partial charge is 0.873 e. The molecular formula is C30H52O10Ti2. The van der Waals surface area contributed by atoms with Gasteiger partial charge in [0, 0.05) is 12.2 Å². The zero-order chi connectivity index (χ0) is 33.4. The summed E-state index contributed by atoms with van der Waals surface area (Å²) in [6.07, 6.45) is -2.00. The Morgan fingerprint density at radius 3 is 0.500 bits per heavy atom. The molecule has 0 saturated carbocycles. The molecule has 0 aliphatic heterocycles.